The summed E-state index contributed by atoms with van der Waals surface area (Å²) in [6, 6.07) is 11.7. The third-order valence-corrected chi connectivity index (χ3v) is 8.91. The lowest BCUT2D eigenvalue weighted by atomic mass is 10.4. The van der Waals surface area contributed by atoms with E-state index in [4.69, 9.17) is 11.1 Å². The molecule has 1 aromatic rings. The van der Waals surface area contributed by atoms with Gasteiger partial charge in [-0.3, -0.25) is 0 Å². The third kappa shape index (κ3) is 3.60. The maximum Gasteiger partial charge on any atom is 0.251 e. The fourth-order valence-corrected chi connectivity index (χ4v) is 5.99. The first-order valence-corrected chi connectivity index (χ1v) is 10.9. The number of unbranched alkanes of at least 4 members (excludes halogenated alkanes) is 1. The topological polar surface area (TPSA) is 0 Å². The van der Waals surface area contributed by atoms with Gasteiger partial charge >= 0.3 is 0 Å². The number of benzene rings is 1. The summed E-state index contributed by atoms with van der Waals surface area (Å²) in [5.74, 6) is 0. The van der Waals surface area contributed by atoms with Gasteiger partial charge in [0.1, 0.15) is 0 Å². The molecule has 0 nitrogen and oxygen atoms in total. The summed E-state index contributed by atoms with van der Waals surface area (Å²) >= 11 is 9.04. The van der Waals surface area contributed by atoms with Gasteiger partial charge in [0, 0.05) is 0 Å². The number of rotatable bonds is 4. The Labute approximate surface area is 98.6 Å². The molecule has 0 fully saturated rings. The Kier molecular flexibility index (Phi) is 4.76. The average molecular weight is 325 g/mol. The van der Waals surface area contributed by atoms with Gasteiger partial charge in [0.15, 0.2) is 0 Å². The summed E-state index contributed by atoms with van der Waals surface area (Å²) in [5.41, 5.74) is 0. The normalized spacial score (nSPS) is 15.3. The Morgan fingerprint density at radius 2 is 1.92 bits per heavy atom. The summed E-state index contributed by atoms with van der Waals surface area (Å²) in [7, 11) is 0. The van der Waals surface area contributed by atoms with E-state index in [1.54, 1.807) is 0 Å². The molecule has 0 N–H and O–H groups in total. The SMILES string of the molecule is CCCC[Si](Cl)(I)c1ccccc1. The molecule has 3 heteroatoms. The highest BCUT2D eigenvalue weighted by molar-refractivity contribution is 14.1. The van der Waals surface area contributed by atoms with E-state index >= 15 is 0 Å². The highest BCUT2D eigenvalue weighted by Crippen LogP contribution is 2.25. The lowest BCUT2D eigenvalue weighted by molar-refractivity contribution is 0.879. The molecule has 0 bridgehead atoms. The van der Waals surface area contributed by atoms with Crippen molar-refractivity contribution < 1.29 is 0 Å². The van der Waals surface area contributed by atoms with Crippen molar-refractivity contribution in [1.82, 2.24) is 0 Å². The van der Waals surface area contributed by atoms with Crippen molar-refractivity contribution in [2.45, 2.75) is 25.8 Å². The van der Waals surface area contributed by atoms with Crippen LogP contribution in [0.3, 0.4) is 0 Å². The largest absolute Gasteiger partial charge is 0.251 e. The monoisotopic (exact) mass is 324 g/mol. The molecule has 0 aliphatic heterocycles. The van der Waals surface area contributed by atoms with Gasteiger partial charge in [-0.15, -0.1) is 11.1 Å². The van der Waals surface area contributed by atoms with Crippen LogP contribution in [0.2, 0.25) is 6.04 Å². The van der Waals surface area contributed by atoms with Crippen LogP contribution in [0.1, 0.15) is 19.8 Å². The van der Waals surface area contributed by atoms with E-state index in [0.29, 0.717) is 0 Å². The van der Waals surface area contributed by atoms with Gasteiger partial charge in [-0.1, -0.05) is 71.9 Å². The van der Waals surface area contributed by atoms with Crippen LogP contribution in [-0.2, 0) is 0 Å². The maximum atomic E-state index is 6.57. The number of hydrogen-bond donors (Lipinski definition) is 0. The minimum atomic E-state index is -1.66. The van der Waals surface area contributed by atoms with Gasteiger partial charge in [0.2, 0.25) is 0 Å². The maximum absolute atomic E-state index is 6.57. The van der Waals surface area contributed by atoms with Gasteiger partial charge in [0.05, 0.1) is 0 Å². The fourth-order valence-electron chi connectivity index (χ4n) is 1.23. The van der Waals surface area contributed by atoms with E-state index in [-0.39, 0.29) is 0 Å². The van der Waals surface area contributed by atoms with E-state index in [9.17, 15) is 0 Å². The summed E-state index contributed by atoms with van der Waals surface area (Å²) in [4.78, 5) is -1.66. The van der Waals surface area contributed by atoms with Gasteiger partial charge in [0.25, 0.3) is 4.88 Å². The molecular weight excluding hydrogens is 311 g/mol. The molecular formula is C10H14ClISi. The second kappa shape index (κ2) is 5.37. The molecule has 1 unspecified atom stereocenters. The Balaban J connectivity index is 2.69. The molecule has 1 aromatic carbocycles. The zero-order valence-corrected chi connectivity index (χ0v) is 11.7. The van der Waals surface area contributed by atoms with Crippen molar-refractivity contribution in [3.8, 4) is 0 Å². The molecule has 0 aromatic heterocycles. The third-order valence-electron chi connectivity index (χ3n) is 2.04. The van der Waals surface area contributed by atoms with Crippen molar-refractivity contribution in [2.24, 2.45) is 0 Å². The highest BCUT2D eigenvalue weighted by atomic mass is 127. The smallest absolute Gasteiger partial charge is 0.147 e. The number of hydrogen-bond acceptors (Lipinski definition) is 0. The summed E-state index contributed by atoms with van der Waals surface area (Å²) in [6.45, 7) is 2.21. The Bertz CT molecular complexity index is 248. The molecule has 0 spiro atoms. The van der Waals surface area contributed by atoms with Crippen LogP contribution in [0, 0.1) is 0 Å². The minimum Gasteiger partial charge on any atom is -0.147 e. The van der Waals surface area contributed by atoms with Crippen molar-refractivity contribution >= 4 is 42.9 Å². The van der Waals surface area contributed by atoms with E-state index < -0.39 is 4.88 Å². The van der Waals surface area contributed by atoms with Crippen LogP contribution in [0.5, 0.6) is 0 Å². The second-order valence-electron chi connectivity index (χ2n) is 3.17. The lowest BCUT2D eigenvalue weighted by Gasteiger charge is -2.16. The summed E-state index contributed by atoms with van der Waals surface area (Å²) < 4.78 is 0. The predicted octanol–water partition coefficient (Wildman–Crippen LogP) is 3.81. The van der Waals surface area contributed by atoms with E-state index in [2.05, 4.69) is 53.0 Å². The molecule has 0 aliphatic rings. The lowest BCUT2D eigenvalue weighted by Crippen LogP contribution is -2.35. The Hall–Kier alpha value is 0.457. The molecule has 0 saturated carbocycles. The molecule has 13 heavy (non-hydrogen) atoms. The van der Waals surface area contributed by atoms with Crippen LogP contribution in [0.4, 0.5) is 0 Å². The van der Waals surface area contributed by atoms with E-state index in [1.165, 1.54) is 24.1 Å². The molecule has 0 amide bonds. The van der Waals surface area contributed by atoms with Gasteiger partial charge in [-0.05, 0) is 11.2 Å². The van der Waals surface area contributed by atoms with E-state index in [0.717, 1.165) is 0 Å². The summed E-state index contributed by atoms with van der Waals surface area (Å²) in [5, 5.41) is 1.35. The van der Waals surface area contributed by atoms with Crippen LogP contribution >= 0.6 is 32.9 Å². The highest BCUT2D eigenvalue weighted by Gasteiger charge is 2.28. The first-order valence-electron chi connectivity index (χ1n) is 4.60. The molecule has 0 saturated heterocycles. The molecule has 0 aliphatic carbocycles. The average Bonchev–Trinajstić information content (AvgIpc) is 2.16. The van der Waals surface area contributed by atoms with Crippen molar-refractivity contribution in [3.05, 3.63) is 30.3 Å². The van der Waals surface area contributed by atoms with Crippen LogP contribution in [-0.4, -0.2) is 4.88 Å². The molecule has 72 valence electrons. The Morgan fingerprint density at radius 1 is 1.31 bits per heavy atom. The van der Waals surface area contributed by atoms with Gasteiger partial charge < -0.3 is 0 Å². The zero-order valence-electron chi connectivity index (χ0n) is 7.76. The Morgan fingerprint density at radius 3 is 2.46 bits per heavy atom. The molecule has 1 rings (SSSR count). The van der Waals surface area contributed by atoms with Gasteiger partial charge in [-0.25, -0.2) is 0 Å². The fraction of sp³-hybridized carbons (Fsp3) is 0.400. The van der Waals surface area contributed by atoms with Crippen LogP contribution in [0.15, 0.2) is 30.3 Å². The van der Waals surface area contributed by atoms with Crippen molar-refractivity contribution in [1.29, 1.82) is 0 Å². The first kappa shape index (κ1) is 11.5. The van der Waals surface area contributed by atoms with E-state index in [1.807, 2.05) is 6.07 Å². The number of halogens is 2. The first-order chi connectivity index (χ1) is 6.17. The van der Waals surface area contributed by atoms with Crippen molar-refractivity contribution in [3.63, 3.8) is 0 Å². The molecule has 0 radical (unpaired) electrons. The predicted molar refractivity (Wildman–Crippen MR) is 71.4 cm³/mol. The zero-order chi connectivity index (χ0) is 9.73. The molecule has 1 atom stereocenters. The van der Waals surface area contributed by atoms with Gasteiger partial charge in [-0.2, -0.15) is 0 Å². The standard InChI is InChI=1S/C10H14ClISi/c1-2-3-9-13(11,12)10-7-5-4-6-8-10/h4-8H,2-3,9H2,1H3. The second-order valence-corrected chi connectivity index (χ2v) is 15.0. The minimum absolute atomic E-state index is 1.18. The summed E-state index contributed by atoms with van der Waals surface area (Å²) in [6.07, 6.45) is 2.48. The quantitative estimate of drug-likeness (QED) is 0.449. The van der Waals surface area contributed by atoms with Crippen molar-refractivity contribution in [2.75, 3.05) is 0 Å². The van der Waals surface area contributed by atoms with Crippen LogP contribution < -0.4 is 5.19 Å². The van der Waals surface area contributed by atoms with Crippen LogP contribution in [0.25, 0.3) is 0 Å². The molecule has 0 heterocycles.